The van der Waals surface area contributed by atoms with E-state index in [2.05, 4.69) is 22.0 Å². The number of fused-ring (bicyclic) bond motifs is 2. The molecule has 2 aliphatic rings. The van der Waals surface area contributed by atoms with Gasteiger partial charge in [-0.25, -0.2) is 4.98 Å². The van der Waals surface area contributed by atoms with Crippen molar-refractivity contribution < 1.29 is 9.47 Å². The van der Waals surface area contributed by atoms with Crippen LogP contribution in [0.2, 0.25) is 0 Å². The number of H-pyrrole nitrogens is 1. The Morgan fingerprint density at radius 3 is 2.90 bits per heavy atom. The third-order valence-corrected chi connectivity index (χ3v) is 5.86. The minimum Gasteiger partial charge on any atom is -0.490 e. The predicted octanol–water partition coefficient (Wildman–Crippen LogP) is 3.73. The smallest absolute Gasteiger partial charge is 0.258 e. The van der Waals surface area contributed by atoms with Gasteiger partial charge in [-0.3, -0.25) is 9.69 Å². The van der Waals surface area contributed by atoms with E-state index in [1.165, 1.54) is 5.56 Å². The molecule has 3 heterocycles. The molecule has 0 amide bonds. The summed E-state index contributed by atoms with van der Waals surface area (Å²) < 4.78 is 11.6. The van der Waals surface area contributed by atoms with Gasteiger partial charge in [0.25, 0.3) is 5.56 Å². The quantitative estimate of drug-likeness (QED) is 0.737. The molecule has 0 saturated carbocycles. The van der Waals surface area contributed by atoms with Gasteiger partial charge in [-0.2, -0.15) is 0 Å². The zero-order valence-electron chi connectivity index (χ0n) is 16.6. The van der Waals surface area contributed by atoms with E-state index in [9.17, 15) is 4.79 Å². The number of nitrogens with one attached hydrogen (secondary N) is 1. The summed E-state index contributed by atoms with van der Waals surface area (Å²) in [6.45, 7) is 4.98. The van der Waals surface area contributed by atoms with E-state index < -0.39 is 0 Å². The first kappa shape index (κ1) is 18.2. The van der Waals surface area contributed by atoms with Crippen molar-refractivity contribution >= 4 is 10.9 Å². The lowest BCUT2D eigenvalue weighted by Crippen LogP contribution is -2.25. The first-order valence-electron chi connectivity index (χ1n) is 10.3. The second kappa shape index (κ2) is 7.52. The van der Waals surface area contributed by atoms with Crippen LogP contribution < -0.4 is 15.0 Å². The molecule has 0 spiro atoms. The van der Waals surface area contributed by atoms with Crippen molar-refractivity contribution in [2.75, 3.05) is 19.8 Å². The molecule has 2 aliphatic heterocycles. The summed E-state index contributed by atoms with van der Waals surface area (Å²) in [5.74, 6) is 2.38. The number of aromatic amines is 1. The maximum atomic E-state index is 12.5. The van der Waals surface area contributed by atoms with Gasteiger partial charge < -0.3 is 14.5 Å². The molecule has 29 heavy (non-hydrogen) atoms. The second-order valence-corrected chi connectivity index (χ2v) is 7.87. The molecule has 0 bridgehead atoms. The Labute approximate surface area is 169 Å². The normalized spacial score (nSPS) is 19.4. The molecule has 1 fully saturated rings. The summed E-state index contributed by atoms with van der Waals surface area (Å²) in [5, 5.41) is 0.648. The van der Waals surface area contributed by atoms with E-state index in [1.807, 2.05) is 31.2 Å². The number of hydrogen-bond donors (Lipinski definition) is 1. The lowest BCUT2D eigenvalue weighted by molar-refractivity contribution is 0.241. The molecular weight excluding hydrogens is 366 g/mol. The molecule has 0 unspecified atom stereocenters. The number of aryl methyl sites for hydroxylation is 1. The van der Waals surface area contributed by atoms with Crippen LogP contribution in [0.3, 0.4) is 0 Å². The molecule has 1 aromatic heterocycles. The standard InChI is InChI=1S/C23H25N3O3/c1-15-5-2-6-17-22(15)24-21(25-23(17)27)14-26-10-3-7-18(26)16-8-9-19-20(13-16)29-12-4-11-28-19/h2,5-6,8-9,13,18H,3-4,7,10-12,14H2,1H3,(H,24,25,27)/t18-/m0/s1. The van der Waals surface area contributed by atoms with Crippen LogP contribution in [0.5, 0.6) is 11.5 Å². The number of rotatable bonds is 3. The maximum absolute atomic E-state index is 12.5. The molecule has 3 aromatic rings. The van der Waals surface area contributed by atoms with Gasteiger partial charge in [0.1, 0.15) is 5.82 Å². The number of likely N-dealkylation sites (tertiary alicyclic amines) is 1. The Morgan fingerprint density at radius 2 is 2.00 bits per heavy atom. The Hall–Kier alpha value is -2.86. The van der Waals surface area contributed by atoms with E-state index >= 15 is 0 Å². The zero-order chi connectivity index (χ0) is 19.8. The lowest BCUT2D eigenvalue weighted by Gasteiger charge is -2.25. The highest BCUT2D eigenvalue weighted by Gasteiger charge is 2.28. The molecule has 1 saturated heterocycles. The highest BCUT2D eigenvalue weighted by molar-refractivity contribution is 5.80. The molecule has 2 aromatic carbocycles. The fourth-order valence-corrected chi connectivity index (χ4v) is 4.40. The lowest BCUT2D eigenvalue weighted by atomic mass is 10.0. The average Bonchev–Trinajstić information content (AvgIpc) is 3.04. The Balaban J connectivity index is 1.43. The van der Waals surface area contributed by atoms with E-state index in [4.69, 9.17) is 14.5 Å². The highest BCUT2D eigenvalue weighted by Crippen LogP contribution is 2.38. The summed E-state index contributed by atoms with van der Waals surface area (Å²) in [6.07, 6.45) is 3.10. The highest BCUT2D eigenvalue weighted by atomic mass is 16.5. The number of ether oxygens (including phenoxy) is 2. The van der Waals surface area contributed by atoms with E-state index in [-0.39, 0.29) is 11.6 Å². The van der Waals surface area contributed by atoms with Crippen LogP contribution in [0, 0.1) is 6.92 Å². The van der Waals surface area contributed by atoms with Crippen molar-refractivity contribution in [2.45, 2.75) is 38.8 Å². The first-order chi connectivity index (χ1) is 14.2. The van der Waals surface area contributed by atoms with Crippen molar-refractivity contribution in [3.05, 3.63) is 63.7 Å². The molecule has 0 aliphatic carbocycles. The number of nitrogens with zero attached hydrogens (tertiary/aromatic N) is 2. The fourth-order valence-electron chi connectivity index (χ4n) is 4.40. The summed E-state index contributed by atoms with van der Waals surface area (Å²) in [5.41, 5.74) is 2.97. The molecular formula is C23H25N3O3. The van der Waals surface area contributed by atoms with Gasteiger partial charge in [0, 0.05) is 12.5 Å². The van der Waals surface area contributed by atoms with Crippen LogP contribution in [-0.4, -0.2) is 34.6 Å². The van der Waals surface area contributed by atoms with Crippen LogP contribution in [0.4, 0.5) is 0 Å². The third kappa shape index (κ3) is 3.49. The minimum atomic E-state index is -0.0694. The van der Waals surface area contributed by atoms with Crippen LogP contribution in [0.25, 0.3) is 10.9 Å². The van der Waals surface area contributed by atoms with Gasteiger partial charge in [0.2, 0.25) is 0 Å². The predicted molar refractivity (Wildman–Crippen MR) is 112 cm³/mol. The van der Waals surface area contributed by atoms with Crippen molar-refractivity contribution in [3.63, 3.8) is 0 Å². The topological polar surface area (TPSA) is 67.5 Å². The van der Waals surface area contributed by atoms with Gasteiger partial charge >= 0.3 is 0 Å². The van der Waals surface area contributed by atoms with Crippen LogP contribution in [-0.2, 0) is 6.54 Å². The largest absolute Gasteiger partial charge is 0.490 e. The Morgan fingerprint density at radius 1 is 1.14 bits per heavy atom. The molecule has 1 N–H and O–H groups in total. The van der Waals surface area contributed by atoms with E-state index in [1.54, 1.807) is 0 Å². The van der Waals surface area contributed by atoms with Gasteiger partial charge in [0.05, 0.1) is 30.7 Å². The molecule has 5 rings (SSSR count). The van der Waals surface area contributed by atoms with Gasteiger partial charge in [-0.1, -0.05) is 18.2 Å². The Bertz CT molecular complexity index is 1110. The summed E-state index contributed by atoms with van der Waals surface area (Å²) >= 11 is 0. The van der Waals surface area contributed by atoms with Gasteiger partial charge in [-0.05, 0) is 55.6 Å². The Kier molecular flexibility index (Phi) is 4.72. The van der Waals surface area contributed by atoms with Crippen LogP contribution in [0.15, 0.2) is 41.2 Å². The molecule has 1 atom stereocenters. The summed E-state index contributed by atoms with van der Waals surface area (Å²) in [4.78, 5) is 22.7. The first-order valence-corrected chi connectivity index (χ1v) is 10.3. The number of aromatic nitrogens is 2. The van der Waals surface area contributed by atoms with Crippen molar-refractivity contribution in [1.82, 2.24) is 14.9 Å². The van der Waals surface area contributed by atoms with Gasteiger partial charge in [0.15, 0.2) is 11.5 Å². The number of benzene rings is 2. The third-order valence-electron chi connectivity index (χ3n) is 5.86. The van der Waals surface area contributed by atoms with Crippen molar-refractivity contribution in [1.29, 1.82) is 0 Å². The monoisotopic (exact) mass is 391 g/mol. The van der Waals surface area contributed by atoms with Crippen LogP contribution in [0.1, 0.15) is 42.3 Å². The zero-order valence-corrected chi connectivity index (χ0v) is 16.6. The number of para-hydroxylation sites is 1. The fraction of sp³-hybridized carbons (Fsp3) is 0.391. The summed E-state index contributed by atoms with van der Waals surface area (Å²) in [6, 6.07) is 12.3. The molecule has 6 nitrogen and oxygen atoms in total. The van der Waals surface area contributed by atoms with Gasteiger partial charge in [-0.15, -0.1) is 0 Å². The molecule has 6 heteroatoms. The van der Waals surface area contributed by atoms with E-state index in [0.29, 0.717) is 25.1 Å². The van der Waals surface area contributed by atoms with Crippen molar-refractivity contribution in [2.24, 2.45) is 0 Å². The molecule has 0 radical (unpaired) electrons. The van der Waals surface area contributed by atoms with Crippen LogP contribution >= 0.6 is 0 Å². The number of hydrogen-bond acceptors (Lipinski definition) is 5. The van der Waals surface area contributed by atoms with E-state index in [0.717, 1.165) is 54.2 Å². The molecule has 150 valence electrons. The summed E-state index contributed by atoms with van der Waals surface area (Å²) in [7, 11) is 0. The maximum Gasteiger partial charge on any atom is 0.258 e. The van der Waals surface area contributed by atoms with Crippen molar-refractivity contribution in [3.8, 4) is 11.5 Å². The second-order valence-electron chi connectivity index (χ2n) is 7.87. The average molecular weight is 391 g/mol. The SMILES string of the molecule is Cc1cccc2c(=O)[nH]c(CN3CCC[C@H]3c3ccc4c(c3)OCCCO4)nc12. The minimum absolute atomic E-state index is 0.0694.